The SMILES string of the molecule is CCCCCCCCCCCCCOc1cc(OCCCCCCCCCCC)cc(C(=O)OC)c1. The minimum absolute atomic E-state index is 0.358. The second kappa shape index (κ2) is 23.7. The van der Waals surface area contributed by atoms with Gasteiger partial charge in [-0.05, 0) is 25.0 Å². The lowest BCUT2D eigenvalue weighted by Crippen LogP contribution is -2.05. The van der Waals surface area contributed by atoms with Crippen molar-refractivity contribution in [2.75, 3.05) is 20.3 Å². The predicted molar refractivity (Wildman–Crippen MR) is 152 cm³/mol. The lowest BCUT2D eigenvalue weighted by molar-refractivity contribution is 0.0599. The van der Waals surface area contributed by atoms with Crippen LogP contribution in [0, 0.1) is 0 Å². The summed E-state index contributed by atoms with van der Waals surface area (Å²) in [6.45, 7) is 5.86. The van der Waals surface area contributed by atoms with Gasteiger partial charge in [0.25, 0.3) is 0 Å². The van der Waals surface area contributed by atoms with E-state index in [1.54, 1.807) is 12.1 Å². The Bertz CT molecular complexity index is 643. The van der Waals surface area contributed by atoms with Crippen LogP contribution >= 0.6 is 0 Å². The highest BCUT2D eigenvalue weighted by molar-refractivity contribution is 5.90. The maximum Gasteiger partial charge on any atom is 0.338 e. The van der Waals surface area contributed by atoms with Crippen LogP contribution in [0.3, 0.4) is 0 Å². The van der Waals surface area contributed by atoms with E-state index < -0.39 is 0 Å². The first kappa shape index (κ1) is 32.3. The molecule has 1 rings (SSSR count). The number of hydrogen-bond acceptors (Lipinski definition) is 4. The Hall–Kier alpha value is -1.71. The van der Waals surface area contributed by atoms with E-state index in [0.29, 0.717) is 30.3 Å². The Morgan fingerprint density at radius 2 is 0.861 bits per heavy atom. The molecule has 0 heterocycles. The van der Waals surface area contributed by atoms with Crippen molar-refractivity contribution in [1.82, 2.24) is 0 Å². The van der Waals surface area contributed by atoms with Gasteiger partial charge in [-0.3, -0.25) is 0 Å². The molecule has 1 aromatic rings. The Balaban J connectivity index is 2.23. The molecule has 0 saturated heterocycles. The minimum Gasteiger partial charge on any atom is -0.493 e. The van der Waals surface area contributed by atoms with Gasteiger partial charge in [-0.1, -0.05) is 129 Å². The smallest absolute Gasteiger partial charge is 0.338 e. The van der Waals surface area contributed by atoms with Gasteiger partial charge in [-0.15, -0.1) is 0 Å². The van der Waals surface area contributed by atoms with Gasteiger partial charge in [0.15, 0.2) is 0 Å². The number of hydrogen-bond donors (Lipinski definition) is 0. The summed E-state index contributed by atoms with van der Waals surface area (Å²) in [6.07, 6.45) is 26.0. The van der Waals surface area contributed by atoms with E-state index in [4.69, 9.17) is 14.2 Å². The molecule has 0 bridgehead atoms. The fraction of sp³-hybridized carbons (Fsp3) is 0.781. The molecule has 0 spiro atoms. The summed E-state index contributed by atoms with van der Waals surface area (Å²) in [5, 5.41) is 0. The highest BCUT2D eigenvalue weighted by Gasteiger charge is 2.11. The van der Waals surface area contributed by atoms with E-state index in [-0.39, 0.29) is 5.97 Å². The number of ether oxygens (including phenoxy) is 3. The van der Waals surface area contributed by atoms with Gasteiger partial charge in [0, 0.05) is 6.07 Å². The van der Waals surface area contributed by atoms with Crippen molar-refractivity contribution in [3.05, 3.63) is 23.8 Å². The average molecular weight is 505 g/mol. The van der Waals surface area contributed by atoms with E-state index in [1.807, 2.05) is 6.07 Å². The number of rotatable bonds is 25. The summed E-state index contributed by atoms with van der Waals surface area (Å²) in [7, 11) is 1.41. The molecule has 36 heavy (non-hydrogen) atoms. The van der Waals surface area contributed by atoms with Gasteiger partial charge < -0.3 is 14.2 Å². The van der Waals surface area contributed by atoms with E-state index in [0.717, 1.165) is 12.8 Å². The monoisotopic (exact) mass is 504 g/mol. The Morgan fingerprint density at radius 1 is 0.528 bits per heavy atom. The van der Waals surface area contributed by atoms with Crippen LogP contribution in [0.1, 0.15) is 153 Å². The molecule has 0 atom stereocenters. The molecule has 0 saturated carbocycles. The molecule has 4 nitrogen and oxygen atoms in total. The number of carbonyl (C=O) groups is 1. The van der Waals surface area contributed by atoms with Crippen LogP contribution in [0.25, 0.3) is 0 Å². The molecule has 0 amide bonds. The normalized spacial score (nSPS) is 11.0. The average Bonchev–Trinajstić information content (AvgIpc) is 2.89. The Labute approximate surface area is 222 Å². The third-order valence-electron chi connectivity index (χ3n) is 6.83. The summed E-state index contributed by atoms with van der Waals surface area (Å²) in [4.78, 5) is 12.1. The quantitative estimate of drug-likeness (QED) is 0.0981. The van der Waals surface area contributed by atoms with Crippen molar-refractivity contribution in [2.45, 2.75) is 142 Å². The Morgan fingerprint density at radius 3 is 1.19 bits per heavy atom. The maximum absolute atomic E-state index is 12.1. The van der Waals surface area contributed by atoms with E-state index in [2.05, 4.69) is 13.8 Å². The molecule has 0 aliphatic rings. The molecule has 0 aliphatic carbocycles. The maximum atomic E-state index is 12.1. The van der Waals surface area contributed by atoms with Crippen molar-refractivity contribution in [3.8, 4) is 11.5 Å². The lowest BCUT2D eigenvalue weighted by atomic mass is 10.1. The third-order valence-corrected chi connectivity index (χ3v) is 6.83. The lowest BCUT2D eigenvalue weighted by Gasteiger charge is -2.12. The molecular weight excluding hydrogens is 448 g/mol. The topological polar surface area (TPSA) is 44.8 Å². The van der Waals surface area contributed by atoms with Crippen molar-refractivity contribution >= 4 is 5.97 Å². The first-order valence-corrected chi connectivity index (χ1v) is 15.2. The number of carbonyl (C=O) groups excluding carboxylic acids is 1. The first-order valence-electron chi connectivity index (χ1n) is 15.2. The summed E-state index contributed by atoms with van der Waals surface area (Å²) in [5.41, 5.74) is 0.482. The fourth-order valence-electron chi connectivity index (χ4n) is 4.53. The van der Waals surface area contributed by atoms with Crippen molar-refractivity contribution in [1.29, 1.82) is 0 Å². The van der Waals surface area contributed by atoms with Crippen LogP contribution in [-0.4, -0.2) is 26.3 Å². The second-order valence-electron chi connectivity index (χ2n) is 10.2. The molecule has 0 unspecified atom stereocenters. The standard InChI is InChI=1S/C32H56O4/c1-4-6-8-10-12-14-15-17-19-21-23-25-36-31-27-29(32(33)34-3)26-30(28-31)35-24-22-20-18-16-13-11-9-7-5-2/h26-28H,4-25H2,1-3H3. The van der Waals surface area contributed by atoms with Gasteiger partial charge in [0.2, 0.25) is 0 Å². The van der Waals surface area contributed by atoms with Crippen molar-refractivity contribution < 1.29 is 19.0 Å². The highest BCUT2D eigenvalue weighted by atomic mass is 16.5. The molecule has 0 radical (unpaired) electrons. The Kier molecular flexibility index (Phi) is 21.3. The minimum atomic E-state index is -0.358. The number of benzene rings is 1. The van der Waals surface area contributed by atoms with Crippen LogP contribution in [0.5, 0.6) is 11.5 Å². The zero-order valence-electron chi connectivity index (χ0n) is 23.9. The van der Waals surface area contributed by atoms with Crippen LogP contribution in [0.2, 0.25) is 0 Å². The van der Waals surface area contributed by atoms with Gasteiger partial charge in [0.05, 0.1) is 25.9 Å². The highest BCUT2D eigenvalue weighted by Crippen LogP contribution is 2.24. The van der Waals surface area contributed by atoms with Crippen LogP contribution < -0.4 is 9.47 Å². The molecule has 0 N–H and O–H groups in total. The molecular formula is C32H56O4. The molecule has 1 aromatic carbocycles. The summed E-state index contributed by atoms with van der Waals surface area (Å²) in [5.74, 6) is 1.02. The molecule has 0 aliphatic heterocycles. The van der Waals surface area contributed by atoms with Gasteiger partial charge in [0.1, 0.15) is 11.5 Å². The number of unbranched alkanes of at least 4 members (excludes halogenated alkanes) is 18. The number of esters is 1. The fourth-order valence-corrected chi connectivity index (χ4v) is 4.53. The van der Waals surface area contributed by atoms with E-state index in [9.17, 15) is 4.79 Å². The number of methoxy groups -OCH3 is 1. The second-order valence-corrected chi connectivity index (χ2v) is 10.2. The summed E-state index contributed by atoms with van der Waals surface area (Å²) >= 11 is 0. The third kappa shape index (κ3) is 17.7. The first-order chi connectivity index (χ1) is 17.7. The van der Waals surface area contributed by atoms with Gasteiger partial charge in [-0.2, -0.15) is 0 Å². The van der Waals surface area contributed by atoms with Crippen LogP contribution in [-0.2, 0) is 4.74 Å². The van der Waals surface area contributed by atoms with Crippen LogP contribution in [0.15, 0.2) is 18.2 Å². The zero-order chi connectivity index (χ0) is 26.1. The molecule has 4 heteroatoms. The van der Waals surface area contributed by atoms with Gasteiger partial charge >= 0.3 is 5.97 Å². The summed E-state index contributed by atoms with van der Waals surface area (Å²) in [6, 6.07) is 5.42. The molecule has 0 aromatic heterocycles. The summed E-state index contributed by atoms with van der Waals surface area (Å²) < 4.78 is 16.9. The zero-order valence-corrected chi connectivity index (χ0v) is 23.9. The van der Waals surface area contributed by atoms with Crippen molar-refractivity contribution in [3.63, 3.8) is 0 Å². The molecule has 208 valence electrons. The van der Waals surface area contributed by atoms with Crippen LogP contribution in [0.4, 0.5) is 0 Å². The largest absolute Gasteiger partial charge is 0.493 e. The molecule has 0 fully saturated rings. The van der Waals surface area contributed by atoms with Crippen molar-refractivity contribution in [2.24, 2.45) is 0 Å². The predicted octanol–water partition coefficient (Wildman–Crippen LogP) is 10.1. The van der Waals surface area contributed by atoms with E-state index in [1.165, 1.54) is 123 Å². The van der Waals surface area contributed by atoms with Gasteiger partial charge in [-0.25, -0.2) is 4.79 Å². The van der Waals surface area contributed by atoms with E-state index >= 15 is 0 Å².